The molecule has 1 heterocycles. The smallest absolute Gasteiger partial charge is 0.193 e. The summed E-state index contributed by atoms with van der Waals surface area (Å²) >= 11 is 0. The van der Waals surface area contributed by atoms with Crippen molar-refractivity contribution < 1.29 is 14.2 Å². The number of ether oxygens (including phenoxy) is 3. The van der Waals surface area contributed by atoms with Crippen LogP contribution in [0.1, 0.15) is 24.0 Å². The summed E-state index contributed by atoms with van der Waals surface area (Å²) in [6.45, 7) is 5.72. The van der Waals surface area contributed by atoms with E-state index < -0.39 is 0 Å². The van der Waals surface area contributed by atoms with Crippen LogP contribution in [0.15, 0.2) is 53.5 Å². The molecule has 168 valence electrons. The molecule has 0 aromatic heterocycles. The highest BCUT2D eigenvalue weighted by Crippen LogP contribution is 2.40. The molecule has 1 aliphatic heterocycles. The number of guanidine groups is 1. The minimum atomic E-state index is -0.0626. The molecule has 2 aromatic carbocycles. The molecule has 1 fully saturated rings. The second-order valence-corrected chi connectivity index (χ2v) is 8.08. The molecular formula is C25H35N3O3. The van der Waals surface area contributed by atoms with Crippen molar-refractivity contribution in [2.24, 2.45) is 4.99 Å². The Morgan fingerprint density at radius 1 is 1.16 bits per heavy atom. The summed E-state index contributed by atoms with van der Waals surface area (Å²) in [7, 11) is 5.60. The predicted molar refractivity (Wildman–Crippen MR) is 125 cm³/mol. The van der Waals surface area contributed by atoms with Gasteiger partial charge in [-0.25, -0.2) is 0 Å². The number of aliphatic imine (C=N–C) groups is 1. The molecule has 0 spiro atoms. The summed E-state index contributed by atoms with van der Waals surface area (Å²) in [5.41, 5.74) is 2.42. The average molecular weight is 426 g/mol. The molecule has 31 heavy (non-hydrogen) atoms. The molecule has 0 amide bonds. The molecule has 1 aliphatic rings. The van der Waals surface area contributed by atoms with Gasteiger partial charge in [-0.2, -0.15) is 0 Å². The minimum Gasteiger partial charge on any atom is -0.496 e. The molecular weight excluding hydrogens is 390 g/mol. The second-order valence-electron chi connectivity index (χ2n) is 8.08. The van der Waals surface area contributed by atoms with Gasteiger partial charge in [-0.05, 0) is 38.0 Å². The fraction of sp³-hybridized carbons (Fsp3) is 0.480. The van der Waals surface area contributed by atoms with Gasteiger partial charge >= 0.3 is 0 Å². The number of para-hydroxylation sites is 1. The van der Waals surface area contributed by atoms with Crippen molar-refractivity contribution in [2.75, 3.05) is 54.1 Å². The number of hydrogen-bond donors (Lipinski definition) is 1. The summed E-state index contributed by atoms with van der Waals surface area (Å²) in [6, 6.07) is 16.3. The number of aryl methyl sites for hydroxylation is 1. The van der Waals surface area contributed by atoms with Gasteiger partial charge in [0.1, 0.15) is 18.1 Å². The van der Waals surface area contributed by atoms with Crippen molar-refractivity contribution in [1.29, 1.82) is 0 Å². The maximum absolute atomic E-state index is 5.84. The van der Waals surface area contributed by atoms with Crippen LogP contribution in [-0.4, -0.2) is 65.0 Å². The monoisotopic (exact) mass is 425 g/mol. The lowest BCUT2D eigenvalue weighted by molar-refractivity contribution is 0.0503. The maximum Gasteiger partial charge on any atom is 0.193 e. The number of hydrogen-bond acceptors (Lipinski definition) is 4. The van der Waals surface area contributed by atoms with Crippen molar-refractivity contribution in [3.63, 3.8) is 0 Å². The molecule has 0 saturated carbocycles. The molecule has 1 saturated heterocycles. The first-order valence-corrected chi connectivity index (χ1v) is 10.9. The summed E-state index contributed by atoms with van der Waals surface area (Å²) in [5, 5.41) is 3.61. The number of likely N-dealkylation sites (N-methyl/N-ethyl adjacent to an activating group) is 1. The van der Waals surface area contributed by atoms with Gasteiger partial charge in [0.05, 0.1) is 13.7 Å². The molecule has 2 aromatic rings. The molecule has 0 radical (unpaired) electrons. The van der Waals surface area contributed by atoms with Crippen LogP contribution in [0.25, 0.3) is 0 Å². The van der Waals surface area contributed by atoms with E-state index in [1.165, 1.54) is 11.1 Å². The van der Waals surface area contributed by atoms with E-state index in [0.717, 1.165) is 56.6 Å². The van der Waals surface area contributed by atoms with E-state index in [1.54, 1.807) is 7.11 Å². The minimum absolute atomic E-state index is 0.0626. The number of nitrogens with zero attached hydrogens (tertiary/aromatic N) is 2. The third-order valence-corrected chi connectivity index (χ3v) is 5.97. The largest absolute Gasteiger partial charge is 0.496 e. The fourth-order valence-corrected chi connectivity index (χ4v) is 4.10. The Hall–Kier alpha value is -2.73. The predicted octanol–water partition coefficient (Wildman–Crippen LogP) is 3.64. The number of nitrogens with one attached hydrogen (secondary N) is 1. The van der Waals surface area contributed by atoms with Crippen LogP contribution in [0.4, 0.5) is 0 Å². The standard InChI is InChI=1S/C25H35N3O3/c1-20-10-11-23(29-4)22(18-20)25(12-15-30-16-13-25)19-27-24(26-2)28(3)14-17-31-21-8-6-5-7-9-21/h5-11,18H,12-17,19H2,1-4H3,(H,26,27). The zero-order valence-electron chi connectivity index (χ0n) is 19.2. The van der Waals surface area contributed by atoms with E-state index >= 15 is 0 Å². The quantitative estimate of drug-likeness (QED) is 0.517. The first kappa shape index (κ1) is 22.9. The highest BCUT2D eigenvalue weighted by molar-refractivity contribution is 5.79. The average Bonchev–Trinajstić information content (AvgIpc) is 2.81. The van der Waals surface area contributed by atoms with Crippen LogP contribution in [0.3, 0.4) is 0 Å². The Balaban J connectivity index is 1.67. The Morgan fingerprint density at radius 3 is 2.58 bits per heavy atom. The number of rotatable bonds is 8. The van der Waals surface area contributed by atoms with E-state index in [2.05, 4.69) is 40.3 Å². The van der Waals surface area contributed by atoms with Gasteiger partial charge in [-0.1, -0.05) is 35.9 Å². The third kappa shape index (κ3) is 5.91. The van der Waals surface area contributed by atoms with Gasteiger partial charge in [0, 0.05) is 44.8 Å². The molecule has 0 aliphatic carbocycles. The van der Waals surface area contributed by atoms with Crippen LogP contribution in [-0.2, 0) is 10.2 Å². The molecule has 0 bridgehead atoms. The Labute approximate surface area is 186 Å². The van der Waals surface area contributed by atoms with Crippen molar-refractivity contribution in [1.82, 2.24) is 10.2 Å². The van der Waals surface area contributed by atoms with Gasteiger partial charge in [-0.3, -0.25) is 4.99 Å². The van der Waals surface area contributed by atoms with E-state index in [9.17, 15) is 0 Å². The lowest BCUT2D eigenvalue weighted by Gasteiger charge is -2.39. The van der Waals surface area contributed by atoms with E-state index in [1.807, 2.05) is 44.4 Å². The summed E-state index contributed by atoms with van der Waals surface area (Å²) in [5.74, 6) is 2.68. The van der Waals surface area contributed by atoms with Crippen LogP contribution in [0.5, 0.6) is 11.5 Å². The Kier molecular flexibility index (Phi) is 8.18. The zero-order valence-corrected chi connectivity index (χ0v) is 19.2. The van der Waals surface area contributed by atoms with Gasteiger partial charge in [0.15, 0.2) is 5.96 Å². The molecule has 0 atom stereocenters. The van der Waals surface area contributed by atoms with Crippen LogP contribution in [0, 0.1) is 6.92 Å². The first-order valence-electron chi connectivity index (χ1n) is 10.9. The van der Waals surface area contributed by atoms with Gasteiger partial charge in [0.25, 0.3) is 0 Å². The van der Waals surface area contributed by atoms with Crippen molar-refractivity contribution in [3.05, 3.63) is 59.7 Å². The van der Waals surface area contributed by atoms with E-state index in [-0.39, 0.29) is 5.41 Å². The molecule has 6 nitrogen and oxygen atoms in total. The molecule has 0 unspecified atom stereocenters. The Bertz CT molecular complexity index is 848. The van der Waals surface area contributed by atoms with Crippen molar-refractivity contribution in [3.8, 4) is 11.5 Å². The van der Waals surface area contributed by atoms with Gasteiger partial charge in [0.2, 0.25) is 0 Å². The topological polar surface area (TPSA) is 55.3 Å². The maximum atomic E-state index is 5.84. The first-order chi connectivity index (χ1) is 15.1. The normalized spacial score (nSPS) is 15.9. The fourth-order valence-electron chi connectivity index (χ4n) is 4.10. The highest BCUT2D eigenvalue weighted by atomic mass is 16.5. The SMILES string of the molecule is CN=C(NCC1(c2cc(C)ccc2OC)CCOCC1)N(C)CCOc1ccccc1. The van der Waals surface area contributed by atoms with E-state index in [4.69, 9.17) is 14.2 Å². The van der Waals surface area contributed by atoms with Crippen LogP contribution >= 0.6 is 0 Å². The molecule has 6 heteroatoms. The van der Waals surface area contributed by atoms with Crippen LogP contribution in [0.2, 0.25) is 0 Å². The van der Waals surface area contributed by atoms with E-state index in [0.29, 0.717) is 6.61 Å². The van der Waals surface area contributed by atoms with Gasteiger partial charge < -0.3 is 24.4 Å². The van der Waals surface area contributed by atoms with Crippen molar-refractivity contribution in [2.45, 2.75) is 25.2 Å². The number of methoxy groups -OCH3 is 1. The van der Waals surface area contributed by atoms with Crippen LogP contribution < -0.4 is 14.8 Å². The zero-order chi connectivity index (χ0) is 22.1. The summed E-state index contributed by atoms with van der Waals surface area (Å²) < 4.78 is 17.3. The molecule has 3 rings (SSSR count). The van der Waals surface area contributed by atoms with Gasteiger partial charge in [-0.15, -0.1) is 0 Å². The third-order valence-electron chi connectivity index (χ3n) is 5.97. The Morgan fingerprint density at radius 2 is 1.90 bits per heavy atom. The molecule has 1 N–H and O–H groups in total. The number of benzene rings is 2. The highest BCUT2D eigenvalue weighted by Gasteiger charge is 2.37. The summed E-state index contributed by atoms with van der Waals surface area (Å²) in [6.07, 6.45) is 1.88. The van der Waals surface area contributed by atoms with Crippen molar-refractivity contribution >= 4 is 5.96 Å². The summed E-state index contributed by atoms with van der Waals surface area (Å²) in [4.78, 5) is 6.60. The lowest BCUT2D eigenvalue weighted by atomic mass is 9.73. The second kappa shape index (κ2) is 11.0. The lowest BCUT2D eigenvalue weighted by Crippen LogP contribution is -2.49.